The van der Waals surface area contributed by atoms with Gasteiger partial charge in [-0.05, 0) is 27.2 Å². The Kier molecular flexibility index (Phi) is 3.55. The van der Waals surface area contributed by atoms with Gasteiger partial charge in [0.1, 0.15) is 5.60 Å². The van der Waals surface area contributed by atoms with Crippen molar-refractivity contribution < 1.29 is 28.5 Å². The predicted molar refractivity (Wildman–Crippen MR) is 74.6 cm³/mol. The van der Waals surface area contributed by atoms with E-state index in [2.05, 4.69) is 5.32 Å². The lowest BCUT2D eigenvalue weighted by Gasteiger charge is -2.35. The lowest BCUT2D eigenvalue weighted by Crippen LogP contribution is -2.45. The fourth-order valence-corrected chi connectivity index (χ4v) is 3.51. The number of carbonyl (C=O) groups excluding carboxylic acids is 2. The number of nitrogens with one attached hydrogen (secondary N) is 1. The normalized spacial score (nSPS) is 38.3. The Morgan fingerprint density at radius 1 is 1.45 bits per heavy atom. The van der Waals surface area contributed by atoms with Crippen LogP contribution in [0.5, 0.6) is 0 Å². The van der Waals surface area contributed by atoms with Gasteiger partial charge in [0.2, 0.25) is 0 Å². The van der Waals surface area contributed by atoms with Crippen LogP contribution in [0.15, 0.2) is 11.8 Å². The number of hydrogen-bond donors (Lipinski definition) is 1. The monoisotopic (exact) mass is 311 g/mol. The van der Waals surface area contributed by atoms with Gasteiger partial charge in [0.25, 0.3) is 6.29 Å². The van der Waals surface area contributed by atoms with Gasteiger partial charge < -0.3 is 24.3 Å². The van der Waals surface area contributed by atoms with Crippen molar-refractivity contribution in [3.05, 3.63) is 11.8 Å². The molecule has 7 heteroatoms. The molecular formula is C15H21NO6. The third-order valence-electron chi connectivity index (χ3n) is 4.61. The SMILES string of the molecule is COC(=O)C1=CO[C@@H](OC(=O)NC(C)C)[C@@H]2[C@@H]1C[C@@H]1O[C@]21C. The molecule has 7 nitrogen and oxygen atoms in total. The zero-order valence-corrected chi connectivity index (χ0v) is 13.1. The second kappa shape index (κ2) is 5.15. The number of amides is 1. The molecule has 0 aromatic rings. The Labute approximate surface area is 128 Å². The molecule has 5 atom stereocenters. The molecule has 1 aliphatic carbocycles. The van der Waals surface area contributed by atoms with E-state index in [0.29, 0.717) is 12.0 Å². The number of epoxide rings is 1. The molecule has 22 heavy (non-hydrogen) atoms. The van der Waals surface area contributed by atoms with Crippen LogP contribution in [0.4, 0.5) is 4.79 Å². The number of alkyl carbamates (subject to hydrolysis) is 1. The van der Waals surface area contributed by atoms with Gasteiger partial charge in [-0.2, -0.15) is 0 Å². The number of carbonyl (C=O) groups is 2. The fraction of sp³-hybridized carbons (Fsp3) is 0.733. The lowest BCUT2D eigenvalue weighted by atomic mass is 9.82. The summed E-state index contributed by atoms with van der Waals surface area (Å²) in [4.78, 5) is 23.7. The van der Waals surface area contributed by atoms with Crippen LogP contribution < -0.4 is 5.32 Å². The number of methoxy groups -OCH3 is 1. The molecule has 1 saturated heterocycles. The summed E-state index contributed by atoms with van der Waals surface area (Å²) >= 11 is 0. The topological polar surface area (TPSA) is 86.4 Å². The average molecular weight is 311 g/mol. The van der Waals surface area contributed by atoms with E-state index in [1.54, 1.807) is 0 Å². The third-order valence-corrected chi connectivity index (χ3v) is 4.61. The van der Waals surface area contributed by atoms with E-state index in [-0.39, 0.29) is 24.0 Å². The molecule has 0 radical (unpaired) electrons. The van der Waals surface area contributed by atoms with Crippen molar-refractivity contribution in [2.75, 3.05) is 7.11 Å². The van der Waals surface area contributed by atoms with Crippen molar-refractivity contribution >= 4 is 12.1 Å². The van der Waals surface area contributed by atoms with Gasteiger partial charge in [-0.15, -0.1) is 0 Å². The van der Waals surface area contributed by atoms with Crippen molar-refractivity contribution in [1.29, 1.82) is 0 Å². The van der Waals surface area contributed by atoms with Crippen LogP contribution in [0, 0.1) is 11.8 Å². The molecule has 2 heterocycles. The van der Waals surface area contributed by atoms with Gasteiger partial charge in [0.15, 0.2) is 0 Å². The highest BCUT2D eigenvalue weighted by Crippen LogP contribution is 2.60. The Balaban J connectivity index is 1.79. The highest BCUT2D eigenvalue weighted by Gasteiger charge is 2.71. The second-order valence-corrected chi connectivity index (χ2v) is 6.43. The summed E-state index contributed by atoms with van der Waals surface area (Å²) in [6, 6.07) is -0.0304. The van der Waals surface area contributed by atoms with Crippen LogP contribution >= 0.6 is 0 Å². The zero-order chi connectivity index (χ0) is 16.1. The Bertz CT molecular complexity index is 530. The number of fused-ring (bicyclic) bond motifs is 3. The molecule has 3 aliphatic rings. The van der Waals surface area contributed by atoms with Crippen LogP contribution in [0.1, 0.15) is 27.2 Å². The van der Waals surface area contributed by atoms with Crippen molar-refractivity contribution in [3.63, 3.8) is 0 Å². The van der Waals surface area contributed by atoms with E-state index in [9.17, 15) is 9.59 Å². The van der Waals surface area contributed by atoms with E-state index in [4.69, 9.17) is 18.9 Å². The fourth-order valence-electron chi connectivity index (χ4n) is 3.51. The van der Waals surface area contributed by atoms with Gasteiger partial charge in [0, 0.05) is 12.0 Å². The van der Waals surface area contributed by atoms with E-state index in [1.807, 2.05) is 20.8 Å². The van der Waals surface area contributed by atoms with Gasteiger partial charge in [0.05, 0.1) is 31.0 Å². The standard InChI is InChI=1S/C15H21NO6/c1-7(2)16-14(18)21-13-11-8(5-10-15(11,3)22-10)9(6-20-13)12(17)19-4/h6-8,10-11,13H,5H2,1-4H3,(H,16,18)/t8-,10+,11+,13+,15+/m1/s1. The molecule has 0 aromatic carbocycles. The molecule has 122 valence electrons. The van der Waals surface area contributed by atoms with E-state index in [0.717, 1.165) is 0 Å². The van der Waals surface area contributed by atoms with Crippen LogP contribution in [-0.2, 0) is 23.7 Å². The number of hydrogen-bond acceptors (Lipinski definition) is 6. The molecule has 0 bridgehead atoms. The smallest absolute Gasteiger partial charge is 0.410 e. The van der Waals surface area contributed by atoms with Gasteiger partial charge >= 0.3 is 12.1 Å². The highest BCUT2D eigenvalue weighted by molar-refractivity contribution is 5.89. The van der Waals surface area contributed by atoms with Crippen LogP contribution in [0.3, 0.4) is 0 Å². The van der Waals surface area contributed by atoms with Crippen LogP contribution in [-0.4, -0.2) is 43.2 Å². The first-order valence-electron chi connectivity index (χ1n) is 7.45. The van der Waals surface area contributed by atoms with Gasteiger partial charge in [-0.25, -0.2) is 9.59 Å². The maximum Gasteiger partial charge on any atom is 0.410 e. The molecule has 1 N–H and O–H groups in total. The van der Waals surface area contributed by atoms with Gasteiger partial charge in [-0.3, -0.25) is 0 Å². The quantitative estimate of drug-likeness (QED) is 0.625. The minimum Gasteiger partial charge on any atom is -0.466 e. The first kappa shape index (κ1) is 15.1. The molecule has 1 saturated carbocycles. The van der Waals surface area contributed by atoms with Crippen molar-refractivity contribution in [1.82, 2.24) is 5.32 Å². The summed E-state index contributed by atoms with van der Waals surface area (Å²) in [7, 11) is 1.34. The molecule has 2 aliphatic heterocycles. The maximum absolute atomic E-state index is 11.9. The van der Waals surface area contributed by atoms with Crippen molar-refractivity contribution in [2.24, 2.45) is 11.8 Å². The number of esters is 1. The Morgan fingerprint density at radius 3 is 2.82 bits per heavy atom. The summed E-state index contributed by atoms with van der Waals surface area (Å²) in [5.74, 6) is -0.707. The number of ether oxygens (including phenoxy) is 4. The van der Waals surface area contributed by atoms with Crippen molar-refractivity contribution in [2.45, 2.75) is 51.2 Å². The highest BCUT2D eigenvalue weighted by atomic mass is 16.7. The summed E-state index contributed by atoms with van der Waals surface area (Å²) in [6.07, 6.45) is 0.818. The van der Waals surface area contributed by atoms with E-state index in [1.165, 1.54) is 13.4 Å². The third kappa shape index (κ3) is 2.33. The zero-order valence-electron chi connectivity index (χ0n) is 13.1. The molecule has 0 spiro atoms. The minimum atomic E-state index is -0.769. The molecule has 2 fully saturated rings. The first-order chi connectivity index (χ1) is 10.4. The minimum absolute atomic E-state index is 0.0304. The molecule has 1 amide bonds. The largest absolute Gasteiger partial charge is 0.466 e. The summed E-state index contributed by atoms with van der Waals surface area (Å²) < 4.78 is 21.4. The molecular weight excluding hydrogens is 290 g/mol. The first-order valence-corrected chi connectivity index (χ1v) is 7.45. The Hall–Kier alpha value is -1.76. The van der Waals surface area contributed by atoms with Crippen molar-refractivity contribution in [3.8, 4) is 0 Å². The number of rotatable bonds is 3. The molecule has 0 aromatic heterocycles. The summed E-state index contributed by atoms with van der Waals surface area (Å²) in [5.41, 5.74) is 0.0645. The second-order valence-electron chi connectivity index (χ2n) is 6.43. The van der Waals surface area contributed by atoms with E-state index < -0.39 is 24.0 Å². The van der Waals surface area contributed by atoms with Crippen LogP contribution in [0.25, 0.3) is 0 Å². The van der Waals surface area contributed by atoms with Gasteiger partial charge in [-0.1, -0.05) is 0 Å². The maximum atomic E-state index is 11.9. The summed E-state index contributed by atoms with van der Waals surface area (Å²) in [6.45, 7) is 5.65. The lowest BCUT2D eigenvalue weighted by molar-refractivity contribution is -0.150. The molecule has 0 unspecified atom stereocenters. The van der Waals surface area contributed by atoms with E-state index >= 15 is 0 Å². The Morgan fingerprint density at radius 2 is 2.18 bits per heavy atom. The van der Waals surface area contributed by atoms with Crippen LogP contribution in [0.2, 0.25) is 0 Å². The predicted octanol–water partition coefficient (Wildman–Crippen LogP) is 1.33. The summed E-state index contributed by atoms with van der Waals surface area (Å²) in [5, 5.41) is 2.66. The molecule has 3 rings (SSSR count). The average Bonchev–Trinajstić information content (AvgIpc) is 2.99.